The minimum absolute atomic E-state index is 0.125. The number of nitrogens with zero attached hydrogens (tertiary/aromatic N) is 1. The van der Waals surface area contributed by atoms with E-state index in [2.05, 4.69) is 16.9 Å². The highest BCUT2D eigenvalue weighted by molar-refractivity contribution is 7.89. The first kappa shape index (κ1) is 21.8. The summed E-state index contributed by atoms with van der Waals surface area (Å²) in [6, 6.07) is 13.5. The first-order valence-electron chi connectivity index (χ1n) is 9.55. The molecule has 0 radical (unpaired) electrons. The molecule has 0 atom stereocenters. The van der Waals surface area contributed by atoms with Crippen LogP contribution in [-0.4, -0.2) is 27.8 Å². The molecule has 0 amide bonds. The van der Waals surface area contributed by atoms with Crippen LogP contribution in [0.2, 0.25) is 0 Å². The van der Waals surface area contributed by atoms with E-state index in [9.17, 15) is 8.42 Å². The number of hydrogen-bond acceptors (Lipinski definition) is 5. The Hall–Kier alpha value is -2.54. The molecule has 0 aliphatic heterocycles. The van der Waals surface area contributed by atoms with Crippen LogP contribution in [0, 0.1) is 0 Å². The smallest absolute Gasteiger partial charge is 0.276 e. The van der Waals surface area contributed by atoms with Gasteiger partial charge in [-0.3, -0.25) is 0 Å². The van der Waals surface area contributed by atoms with Gasteiger partial charge in [0.15, 0.2) is 0 Å². The van der Waals surface area contributed by atoms with Gasteiger partial charge in [-0.15, -0.1) is 0 Å². The Bertz CT molecular complexity index is 832. The predicted molar refractivity (Wildman–Crippen MR) is 112 cm³/mol. The lowest BCUT2D eigenvalue weighted by atomic mass is 10.2. The fourth-order valence-electron chi connectivity index (χ4n) is 2.47. The highest BCUT2D eigenvalue weighted by Crippen LogP contribution is 2.16. The van der Waals surface area contributed by atoms with E-state index < -0.39 is 10.0 Å². The Morgan fingerprint density at radius 1 is 0.893 bits per heavy atom. The third-order valence-corrected chi connectivity index (χ3v) is 5.22. The number of hydrazone groups is 1. The molecule has 0 aliphatic rings. The summed E-state index contributed by atoms with van der Waals surface area (Å²) >= 11 is 0. The molecule has 0 aromatic heterocycles. The minimum Gasteiger partial charge on any atom is -0.494 e. The number of hydrogen-bond donors (Lipinski definition) is 1. The number of ether oxygens (including phenoxy) is 2. The van der Waals surface area contributed by atoms with Crippen molar-refractivity contribution in [1.82, 2.24) is 4.83 Å². The van der Waals surface area contributed by atoms with Gasteiger partial charge in [0.05, 0.1) is 24.3 Å². The molecule has 28 heavy (non-hydrogen) atoms. The summed E-state index contributed by atoms with van der Waals surface area (Å²) in [6.45, 7) is 5.28. The second kappa shape index (κ2) is 11.3. The zero-order valence-electron chi connectivity index (χ0n) is 16.4. The van der Waals surface area contributed by atoms with Crippen LogP contribution in [0.5, 0.6) is 11.5 Å². The van der Waals surface area contributed by atoms with Crippen molar-refractivity contribution in [2.45, 2.75) is 44.4 Å². The molecular formula is C21H28N2O4S. The van der Waals surface area contributed by atoms with Crippen LogP contribution in [0.4, 0.5) is 0 Å². The fraction of sp³-hybridized carbons (Fsp3) is 0.381. The summed E-state index contributed by atoms with van der Waals surface area (Å²) in [5.74, 6) is 1.42. The van der Waals surface area contributed by atoms with Crippen LogP contribution in [0.15, 0.2) is 58.5 Å². The Morgan fingerprint density at radius 3 is 2.18 bits per heavy atom. The Balaban J connectivity index is 1.85. The molecule has 1 N–H and O–H groups in total. The van der Waals surface area contributed by atoms with Gasteiger partial charge < -0.3 is 9.47 Å². The minimum atomic E-state index is -3.72. The number of benzene rings is 2. The maximum Gasteiger partial charge on any atom is 0.276 e. The van der Waals surface area contributed by atoms with Crippen LogP contribution < -0.4 is 14.3 Å². The molecule has 0 spiro atoms. The third kappa shape index (κ3) is 7.23. The molecule has 6 nitrogen and oxygen atoms in total. The number of nitrogens with one attached hydrogen (secondary N) is 1. The first-order valence-corrected chi connectivity index (χ1v) is 11.0. The average molecular weight is 405 g/mol. The van der Waals surface area contributed by atoms with E-state index in [4.69, 9.17) is 9.47 Å². The van der Waals surface area contributed by atoms with Crippen molar-refractivity contribution < 1.29 is 17.9 Å². The molecule has 0 saturated carbocycles. The van der Waals surface area contributed by atoms with Gasteiger partial charge in [-0.05, 0) is 67.4 Å². The quantitative estimate of drug-likeness (QED) is 0.324. The number of unbranched alkanes of at least 4 members (excludes halogenated alkanes) is 3. The summed E-state index contributed by atoms with van der Waals surface area (Å²) in [6.07, 6.45) is 6.11. The van der Waals surface area contributed by atoms with Crippen molar-refractivity contribution in [3.05, 3.63) is 54.1 Å². The van der Waals surface area contributed by atoms with Crippen molar-refractivity contribution in [1.29, 1.82) is 0 Å². The van der Waals surface area contributed by atoms with Crippen LogP contribution >= 0.6 is 0 Å². The van der Waals surface area contributed by atoms with E-state index in [1.807, 2.05) is 31.2 Å². The van der Waals surface area contributed by atoms with Gasteiger partial charge in [0.2, 0.25) is 0 Å². The normalized spacial score (nSPS) is 11.5. The Labute approximate surface area is 167 Å². The zero-order chi connectivity index (χ0) is 20.2. The summed E-state index contributed by atoms with van der Waals surface area (Å²) in [4.78, 5) is 2.34. The zero-order valence-corrected chi connectivity index (χ0v) is 17.2. The molecule has 2 aromatic carbocycles. The standard InChI is InChI=1S/C21H28N2O4S/c1-3-5-6-7-16-27-20-10-8-18(9-11-20)17-22-23-28(24,25)21-14-12-19(13-15-21)26-4-2/h8-15,17,23H,3-7,16H2,1-2H3/b22-17-. The molecule has 0 aliphatic carbocycles. The molecule has 0 bridgehead atoms. The SMILES string of the molecule is CCCCCCOc1ccc(/C=N\NS(=O)(=O)c2ccc(OCC)cc2)cc1. The average Bonchev–Trinajstić information content (AvgIpc) is 2.69. The van der Waals surface area contributed by atoms with Gasteiger partial charge in [-0.2, -0.15) is 13.5 Å². The van der Waals surface area contributed by atoms with Crippen LogP contribution in [0.1, 0.15) is 45.1 Å². The second-order valence-electron chi connectivity index (χ2n) is 6.24. The monoisotopic (exact) mass is 404 g/mol. The van der Waals surface area contributed by atoms with Crippen molar-refractivity contribution in [3.8, 4) is 11.5 Å². The fourth-order valence-corrected chi connectivity index (χ4v) is 3.26. The number of rotatable bonds is 12. The summed E-state index contributed by atoms with van der Waals surface area (Å²) in [7, 11) is -3.72. The summed E-state index contributed by atoms with van der Waals surface area (Å²) in [5, 5.41) is 3.84. The lowest BCUT2D eigenvalue weighted by molar-refractivity contribution is 0.305. The lowest BCUT2D eigenvalue weighted by Crippen LogP contribution is -2.18. The summed E-state index contributed by atoms with van der Waals surface area (Å²) in [5.41, 5.74) is 0.771. The van der Waals surface area contributed by atoms with Gasteiger partial charge in [-0.25, -0.2) is 4.83 Å². The molecule has 7 heteroatoms. The van der Waals surface area contributed by atoms with Crippen molar-refractivity contribution in [2.75, 3.05) is 13.2 Å². The summed E-state index contributed by atoms with van der Waals surface area (Å²) < 4.78 is 35.5. The van der Waals surface area contributed by atoms with E-state index in [0.29, 0.717) is 19.0 Å². The van der Waals surface area contributed by atoms with Crippen molar-refractivity contribution >= 4 is 16.2 Å². The van der Waals surface area contributed by atoms with Gasteiger partial charge >= 0.3 is 0 Å². The third-order valence-electron chi connectivity index (χ3n) is 3.98. The van der Waals surface area contributed by atoms with Crippen molar-refractivity contribution in [2.24, 2.45) is 5.10 Å². The lowest BCUT2D eigenvalue weighted by Gasteiger charge is -2.06. The highest BCUT2D eigenvalue weighted by atomic mass is 32.2. The molecule has 2 rings (SSSR count). The largest absolute Gasteiger partial charge is 0.494 e. The first-order chi connectivity index (χ1) is 13.5. The highest BCUT2D eigenvalue weighted by Gasteiger charge is 2.12. The Morgan fingerprint density at radius 2 is 1.54 bits per heavy atom. The van der Waals surface area contributed by atoms with E-state index >= 15 is 0 Å². The number of sulfonamides is 1. The van der Waals surface area contributed by atoms with Crippen LogP contribution in [0.25, 0.3) is 0 Å². The van der Waals surface area contributed by atoms with E-state index in [0.717, 1.165) is 17.7 Å². The van der Waals surface area contributed by atoms with E-state index in [-0.39, 0.29) is 4.90 Å². The molecule has 0 saturated heterocycles. The predicted octanol–water partition coefficient (Wildman–Crippen LogP) is 4.36. The molecule has 0 unspecified atom stereocenters. The molecular weight excluding hydrogens is 376 g/mol. The maximum atomic E-state index is 12.3. The van der Waals surface area contributed by atoms with Crippen LogP contribution in [-0.2, 0) is 10.0 Å². The molecule has 152 valence electrons. The van der Waals surface area contributed by atoms with Crippen LogP contribution in [0.3, 0.4) is 0 Å². The molecule has 0 fully saturated rings. The molecule has 2 aromatic rings. The second-order valence-corrected chi connectivity index (χ2v) is 7.90. The Kier molecular flexibility index (Phi) is 8.81. The van der Waals surface area contributed by atoms with Crippen molar-refractivity contribution in [3.63, 3.8) is 0 Å². The van der Waals surface area contributed by atoms with Gasteiger partial charge in [-0.1, -0.05) is 26.2 Å². The van der Waals surface area contributed by atoms with E-state index in [1.165, 1.54) is 37.6 Å². The van der Waals surface area contributed by atoms with E-state index in [1.54, 1.807) is 12.1 Å². The van der Waals surface area contributed by atoms with Gasteiger partial charge in [0.25, 0.3) is 10.0 Å². The van der Waals surface area contributed by atoms with Gasteiger partial charge in [0, 0.05) is 0 Å². The van der Waals surface area contributed by atoms with Gasteiger partial charge in [0.1, 0.15) is 11.5 Å². The topological polar surface area (TPSA) is 77.0 Å². The maximum absolute atomic E-state index is 12.3. The molecule has 0 heterocycles.